The fourth-order valence-electron chi connectivity index (χ4n) is 10.0. The number of aryl methyl sites for hydroxylation is 3. The van der Waals surface area contributed by atoms with E-state index < -0.39 is 0 Å². The Kier molecular flexibility index (Phi) is 8.00. The average molecular weight is 763 g/mol. The number of benzene rings is 10. The van der Waals surface area contributed by atoms with Gasteiger partial charge < -0.3 is 14.5 Å². The molecule has 0 saturated heterocycles. The molecule has 10 aromatic carbocycles. The molecule has 0 atom stereocenters. The quantitative estimate of drug-likeness (QED) is 0.150. The smallest absolute Gasteiger partial charge is 0.119 e. The van der Waals surface area contributed by atoms with E-state index in [4.69, 9.17) is 4.74 Å². The molecule has 0 unspecified atom stereocenters. The maximum atomic E-state index is 5.67. The number of methoxy groups -OCH3 is 1. The molecule has 0 radical (unpaired) electrons. The fourth-order valence-corrected chi connectivity index (χ4v) is 10.0. The van der Waals surface area contributed by atoms with Crippen LogP contribution in [0.1, 0.15) is 42.5 Å². The third-order valence-corrected chi connectivity index (χ3v) is 13.1. The lowest BCUT2D eigenvalue weighted by Crippen LogP contribution is -2.24. The van der Waals surface area contributed by atoms with E-state index >= 15 is 0 Å². The van der Waals surface area contributed by atoms with Crippen molar-refractivity contribution in [2.45, 2.75) is 46.0 Å². The summed E-state index contributed by atoms with van der Waals surface area (Å²) in [7, 11) is 1.73. The van der Waals surface area contributed by atoms with E-state index in [1.54, 1.807) is 7.11 Å². The fraction of sp³-hybridized carbons (Fsp3) is 0.143. The van der Waals surface area contributed by atoms with Crippen LogP contribution in [0.25, 0.3) is 53.9 Å². The molecule has 59 heavy (non-hydrogen) atoms. The minimum Gasteiger partial charge on any atom is -0.497 e. The Morgan fingerprint density at radius 2 is 1.03 bits per heavy atom. The van der Waals surface area contributed by atoms with E-state index in [1.807, 2.05) is 0 Å². The summed E-state index contributed by atoms with van der Waals surface area (Å²) in [6, 6.07) is 60.8. The van der Waals surface area contributed by atoms with Crippen LogP contribution in [0.2, 0.25) is 0 Å². The molecular formula is C56H46N2O. The van der Waals surface area contributed by atoms with Crippen LogP contribution in [-0.4, -0.2) is 7.11 Å². The Morgan fingerprint density at radius 3 is 1.66 bits per heavy atom. The van der Waals surface area contributed by atoms with Gasteiger partial charge in [-0.1, -0.05) is 116 Å². The van der Waals surface area contributed by atoms with E-state index in [9.17, 15) is 0 Å². The topological polar surface area (TPSA) is 15.7 Å². The van der Waals surface area contributed by atoms with E-state index in [0.29, 0.717) is 0 Å². The van der Waals surface area contributed by atoms with Gasteiger partial charge in [-0.3, -0.25) is 0 Å². The number of nitrogens with zero attached hydrogens (tertiary/aromatic N) is 2. The van der Waals surface area contributed by atoms with Gasteiger partial charge in [0.2, 0.25) is 0 Å². The Hall–Kier alpha value is -6.84. The van der Waals surface area contributed by atoms with Gasteiger partial charge in [-0.25, -0.2) is 0 Å². The lowest BCUT2D eigenvalue weighted by molar-refractivity contribution is 0.415. The summed E-state index contributed by atoms with van der Waals surface area (Å²) < 4.78 is 5.67. The van der Waals surface area contributed by atoms with Crippen molar-refractivity contribution in [3.8, 4) is 5.75 Å². The van der Waals surface area contributed by atoms with E-state index in [0.717, 1.165) is 35.7 Å². The largest absolute Gasteiger partial charge is 0.497 e. The van der Waals surface area contributed by atoms with Crippen LogP contribution in [0.15, 0.2) is 164 Å². The second kappa shape index (κ2) is 13.4. The third-order valence-electron chi connectivity index (χ3n) is 13.1. The number of ether oxygens (including phenoxy) is 1. The van der Waals surface area contributed by atoms with Crippen LogP contribution in [0.3, 0.4) is 0 Å². The summed E-state index contributed by atoms with van der Waals surface area (Å²) in [4.78, 5) is 5.01. The van der Waals surface area contributed by atoms with Crippen LogP contribution in [0.4, 0.5) is 34.1 Å². The maximum absolute atomic E-state index is 5.67. The van der Waals surface area contributed by atoms with Crippen molar-refractivity contribution in [1.29, 1.82) is 0 Å². The Bertz CT molecular complexity index is 3240. The monoisotopic (exact) mass is 762 g/mol. The van der Waals surface area contributed by atoms with Crippen molar-refractivity contribution in [3.63, 3.8) is 0 Å². The minimum absolute atomic E-state index is 0.0110. The van der Waals surface area contributed by atoms with Gasteiger partial charge in [-0.2, -0.15) is 0 Å². The summed E-state index contributed by atoms with van der Waals surface area (Å²) in [5.41, 5.74) is 12.3. The van der Waals surface area contributed by atoms with Crippen molar-refractivity contribution in [3.05, 3.63) is 186 Å². The zero-order chi connectivity index (χ0) is 40.0. The van der Waals surface area contributed by atoms with E-state index in [2.05, 4.69) is 201 Å². The third kappa shape index (κ3) is 5.48. The van der Waals surface area contributed by atoms with Crippen LogP contribution in [0, 0.1) is 13.8 Å². The number of hydrogen-bond donors (Lipinski definition) is 0. The predicted octanol–water partition coefficient (Wildman–Crippen LogP) is 15.7. The Balaban J connectivity index is 1.28. The highest BCUT2D eigenvalue weighted by molar-refractivity contribution is 6.30. The molecule has 3 heteroatoms. The molecule has 3 nitrogen and oxygen atoms in total. The van der Waals surface area contributed by atoms with Crippen LogP contribution < -0.4 is 14.5 Å². The van der Waals surface area contributed by atoms with Crippen molar-refractivity contribution in [2.75, 3.05) is 16.9 Å². The molecule has 1 aliphatic carbocycles. The summed E-state index contributed by atoms with van der Waals surface area (Å²) in [6.07, 6.45) is 2.09. The predicted molar refractivity (Wildman–Crippen MR) is 252 cm³/mol. The van der Waals surface area contributed by atoms with Gasteiger partial charge >= 0.3 is 0 Å². The molecule has 10 aromatic rings. The normalized spacial score (nSPS) is 13.5. The summed E-state index contributed by atoms with van der Waals surface area (Å²) >= 11 is 0. The minimum atomic E-state index is -0.0110. The SMILES string of the molecule is COc1ccc(N(c2cccc3ccccc23)c2cc3c4c(cc5c(N(c6ccc(C)cc6)c6cccc7ccccc67)cc(C)c6ccc2c4c65)C(C)(C)CC3)cc1. The first-order chi connectivity index (χ1) is 28.8. The van der Waals surface area contributed by atoms with E-state index in [1.165, 1.54) is 93.2 Å². The molecule has 0 heterocycles. The molecule has 11 rings (SSSR count). The molecule has 0 amide bonds. The van der Waals surface area contributed by atoms with Gasteiger partial charge in [0.15, 0.2) is 0 Å². The molecule has 1 aliphatic rings. The highest BCUT2D eigenvalue weighted by Gasteiger charge is 2.34. The highest BCUT2D eigenvalue weighted by Crippen LogP contribution is 2.54. The summed E-state index contributed by atoms with van der Waals surface area (Å²) in [5.74, 6) is 0.844. The molecule has 0 N–H and O–H groups in total. The molecular weight excluding hydrogens is 717 g/mol. The lowest BCUT2D eigenvalue weighted by atomic mass is 9.70. The molecule has 0 aromatic heterocycles. The summed E-state index contributed by atoms with van der Waals surface area (Å²) in [5, 5.41) is 12.9. The van der Waals surface area contributed by atoms with Gasteiger partial charge in [-0.15, -0.1) is 0 Å². The van der Waals surface area contributed by atoms with Crippen molar-refractivity contribution in [1.82, 2.24) is 0 Å². The van der Waals surface area contributed by atoms with E-state index in [-0.39, 0.29) is 5.41 Å². The number of fused-ring (bicyclic) bond motifs is 2. The molecule has 0 aliphatic heterocycles. The standard InChI is InChI=1S/C56H46N2O/c1-35-20-22-40(23-21-35)57(49-18-10-14-37-12-6-8-16-44(37)49)51-32-36(2)43-28-29-46-52(33-39-30-31-56(3,4)48-34-47(51)54(43)55(46)53(39)48)58(41-24-26-42(59-5)27-25-41)50-19-11-15-38-13-7-9-17-45(38)50/h6-29,32-34H,30-31H2,1-5H3. The second-order valence-electron chi connectivity index (χ2n) is 17.1. The molecule has 0 fully saturated rings. The van der Waals surface area contributed by atoms with Gasteiger partial charge in [0.25, 0.3) is 0 Å². The Labute approximate surface area is 346 Å². The summed E-state index contributed by atoms with van der Waals surface area (Å²) in [6.45, 7) is 9.36. The zero-order valence-electron chi connectivity index (χ0n) is 34.3. The van der Waals surface area contributed by atoms with Crippen molar-refractivity contribution < 1.29 is 4.74 Å². The number of rotatable bonds is 7. The van der Waals surface area contributed by atoms with Crippen molar-refractivity contribution in [2.24, 2.45) is 0 Å². The number of hydrogen-bond acceptors (Lipinski definition) is 3. The number of anilines is 6. The molecule has 0 bridgehead atoms. The van der Waals surface area contributed by atoms with Crippen LogP contribution in [-0.2, 0) is 11.8 Å². The van der Waals surface area contributed by atoms with Crippen LogP contribution in [0.5, 0.6) is 5.75 Å². The van der Waals surface area contributed by atoms with Gasteiger partial charge in [0, 0.05) is 38.3 Å². The first-order valence-electron chi connectivity index (χ1n) is 20.8. The molecule has 0 saturated carbocycles. The average Bonchev–Trinajstić information content (AvgIpc) is 3.27. The lowest BCUT2D eigenvalue weighted by Gasteiger charge is -2.37. The van der Waals surface area contributed by atoms with Gasteiger partial charge in [0.1, 0.15) is 5.75 Å². The molecule has 286 valence electrons. The van der Waals surface area contributed by atoms with Crippen LogP contribution >= 0.6 is 0 Å². The first kappa shape index (κ1) is 35.3. The first-order valence-corrected chi connectivity index (χ1v) is 20.8. The molecule has 0 spiro atoms. The highest BCUT2D eigenvalue weighted by atomic mass is 16.5. The zero-order valence-corrected chi connectivity index (χ0v) is 34.3. The maximum Gasteiger partial charge on any atom is 0.119 e. The van der Waals surface area contributed by atoms with Gasteiger partial charge in [0.05, 0.1) is 29.9 Å². The Morgan fingerprint density at radius 1 is 0.475 bits per heavy atom. The second-order valence-corrected chi connectivity index (χ2v) is 17.1. The van der Waals surface area contributed by atoms with Gasteiger partial charge in [-0.05, 0) is 142 Å². The van der Waals surface area contributed by atoms with Crippen molar-refractivity contribution >= 4 is 88.0 Å².